The first-order chi connectivity index (χ1) is 13.5. The summed E-state index contributed by atoms with van der Waals surface area (Å²) in [6.07, 6.45) is -0.299. The number of carbonyl (C=O) groups excluding carboxylic acids is 3. The van der Waals surface area contributed by atoms with Crippen molar-refractivity contribution in [3.63, 3.8) is 0 Å². The van der Waals surface area contributed by atoms with Gasteiger partial charge in [0.05, 0.1) is 6.42 Å². The highest BCUT2D eigenvalue weighted by molar-refractivity contribution is 5.91. The molecule has 1 aromatic carbocycles. The van der Waals surface area contributed by atoms with E-state index in [1.807, 2.05) is 18.2 Å². The second-order valence-electron chi connectivity index (χ2n) is 4.93. The zero-order chi connectivity index (χ0) is 21.5. The van der Waals surface area contributed by atoms with Gasteiger partial charge in [0.25, 0.3) is 0 Å². The smallest absolute Gasteiger partial charge is 0.242 e. The lowest BCUT2D eigenvalue weighted by atomic mass is 10.2. The fourth-order valence-electron chi connectivity index (χ4n) is 2.07. The van der Waals surface area contributed by atoms with Crippen molar-refractivity contribution in [1.29, 1.82) is 0 Å². The molecule has 0 saturated carbocycles. The molecule has 0 spiro atoms. The molecule has 0 saturated heterocycles. The molecule has 1 atom stereocenters. The number of benzene rings is 1. The summed E-state index contributed by atoms with van der Waals surface area (Å²) >= 11 is 0. The van der Waals surface area contributed by atoms with Gasteiger partial charge in [-0.15, -0.1) is 5.10 Å². The number of likely N-dealkylation sites (N-methyl/N-ethyl adjacent to an activating group) is 1. The van der Waals surface area contributed by atoms with E-state index < -0.39 is 23.8 Å². The summed E-state index contributed by atoms with van der Waals surface area (Å²) in [4.78, 5) is 34.9. The van der Waals surface area contributed by atoms with E-state index in [2.05, 4.69) is 37.6 Å². The predicted octanol–water partition coefficient (Wildman–Crippen LogP) is -2.40. The Morgan fingerprint density at radius 1 is 1.11 bits per heavy atom. The molecule has 3 amide bonds. The van der Waals surface area contributed by atoms with Crippen LogP contribution in [0, 0.1) is 0 Å². The van der Waals surface area contributed by atoms with Gasteiger partial charge in [-0.1, -0.05) is 30.3 Å². The monoisotopic (exact) mass is 393 g/mol. The van der Waals surface area contributed by atoms with Crippen LogP contribution in [-0.4, -0.2) is 65.1 Å². The van der Waals surface area contributed by atoms with Crippen molar-refractivity contribution in [2.45, 2.75) is 19.0 Å². The summed E-state index contributed by atoms with van der Waals surface area (Å²) < 4.78 is 1.30. The number of aromatic nitrogens is 4. The van der Waals surface area contributed by atoms with Gasteiger partial charge in [-0.25, -0.2) is 4.68 Å². The zero-order valence-electron chi connectivity index (χ0n) is 16.1. The summed E-state index contributed by atoms with van der Waals surface area (Å²) in [5.74, 6) is -1.31. The number of nitrogens with two attached hydrogens (primary N) is 3. The standard InChI is InChI=1S/C14H17N7O3.2CH5N/c1-16-14(24)10(7-11(15)22)17-12(23)8-21-13(18-19-20-21)9-5-3-2-4-6-9;2*1-2/h2-6,10H,7-8H2,1H3,(H2,15,22)(H,16,24)(H,17,23);2*2H2,1H3/t10-;;/m0../s1. The van der Waals surface area contributed by atoms with Gasteiger partial charge in [-0.2, -0.15) is 0 Å². The largest absolute Gasteiger partial charge is 0.370 e. The predicted molar refractivity (Wildman–Crippen MR) is 103 cm³/mol. The van der Waals surface area contributed by atoms with E-state index in [1.165, 1.54) is 25.8 Å². The molecule has 2 rings (SSSR count). The number of nitrogens with zero attached hydrogens (tertiary/aromatic N) is 4. The minimum atomic E-state index is -1.04. The van der Waals surface area contributed by atoms with Gasteiger partial charge in [0.15, 0.2) is 5.82 Å². The van der Waals surface area contributed by atoms with Crippen LogP contribution >= 0.6 is 0 Å². The Bertz CT molecular complexity index is 734. The SMILES string of the molecule is CN.CN.CNC(=O)[C@H](CC(N)=O)NC(=O)Cn1nnnc1-c1ccccc1. The molecule has 12 nitrogen and oxygen atoms in total. The van der Waals surface area contributed by atoms with Crippen LogP contribution < -0.4 is 27.8 Å². The molecule has 154 valence electrons. The maximum atomic E-state index is 12.1. The molecule has 0 radical (unpaired) electrons. The van der Waals surface area contributed by atoms with Gasteiger partial charge in [0.2, 0.25) is 17.7 Å². The van der Waals surface area contributed by atoms with Crippen LogP contribution in [0.25, 0.3) is 11.4 Å². The quantitative estimate of drug-likeness (QED) is 0.343. The number of rotatable bonds is 7. The second-order valence-corrected chi connectivity index (χ2v) is 4.93. The first-order valence-electron chi connectivity index (χ1n) is 8.27. The van der Waals surface area contributed by atoms with Crippen LogP contribution in [0.15, 0.2) is 30.3 Å². The van der Waals surface area contributed by atoms with Crippen molar-refractivity contribution in [1.82, 2.24) is 30.8 Å². The Morgan fingerprint density at radius 3 is 2.25 bits per heavy atom. The van der Waals surface area contributed by atoms with Crippen molar-refractivity contribution >= 4 is 17.7 Å². The normalized spacial score (nSPS) is 10.3. The molecule has 0 fully saturated rings. The average molecular weight is 393 g/mol. The number of primary amides is 1. The van der Waals surface area contributed by atoms with E-state index in [0.29, 0.717) is 5.82 Å². The summed E-state index contributed by atoms with van der Waals surface area (Å²) in [6.45, 7) is -0.205. The highest BCUT2D eigenvalue weighted by Crippen LogP contribution is 2.14. The molecule has 8 N–H and O–H groups in total. The molecule has 0 bridgehead atoms. The molecule has 2 aromatic rings. The number of tetrazole rings is 1. The zero-order valence-corrected chi connectivity index (χ0v) is 16.1. The van der Waals surface area contributed by atoms with Crippen molar-refractivity contribution in [3.8, 4) is 11.4 Å². The average Bonchev–Trinajstić information content (AvgIpc) is 3.18. The summed E-state index contributed by atoms with van der Waals surface area (Å²) in [7, 11) is 4.40. The minimum absolute atomic E-state index is 0.205. The Hall–Kier alpha value is -3.38. The van der Waals surface area contributed by atoms with Crippen LogP contribution in [0.2, 0.25) is 0 Å². The van der Waals surface area contributed by atoms with E-state index in [-0.39, 0.29) is 13.0 Å². The van der Waals surface area contributed by atoms with Crippen molar-refractivity contribution < 1.29 is 14.4 Å². The number of carbonyl (C=O) groups is 3. The third-order valence-corrected chi connectivity index (χ3v) is 3.16. The molecule has 1 aromatic heterocycles. The van der Waals surface area contributed by atoms with E-state index in [0.717, 1.165) is 5.56 Å². The van der Waals surface area contributed by atoms with E-state index >= 15 is 0 Å². The van der Waals surface area contributed by atoms with Crippen LogP contribution in [0.4, 0.5) is 0 Å². The van der Waals surface area contributed by atoms with E-state index in [4.69, 9.17) is 5.73 Å². The lowest BCUT2D eigenvalue weighted by molar-refractivity contribution is -0.131. The molecule has 0 aliphatic rings. The highest BCUT2D eigenvalue weighted by atomic mass is 16.2. The molecular weight excluding hydrogens is 366 g/mol. The first kappa shape index (κ1) is 24.6. The summed E-state index contributed by atoms with van der Waals surface area (Å²) in [6, 6.07) is 8.06. The second kappa shape index (κ2) is 13.8. The Kier molecular flexibility index (Phi) is 12.1. The molecule has 0 aliphatic carbocycles. The summed E-state index contributed by atoms with van der Waals surface area (Å²) in [5.41, 5.74) is 14.8. The van der Waals surface area contributed by atoms with Crippen molar-refractivity contribution in [2.24, 2.45) is 17.2 Å². The van der Waals surface area contributed by atoms with Gasteiger partial charge in [0.1, 0.15) is 12.6 Å². The Labute approximate surface area is 162 Å². The summed E-state index contributed by atoms with van der Waals surface area (Å²) in [5, 5.41) is 16.0. The van der Waals surface area contributed by atoms with Gasteiger partial charge in [-0.3, -0.25) is 14.4 Å². The fourth-order valence-corrected chi connectivity index (χ4v) is 2.07. The van der Waals surface area contributed by atoms with Crippen LogP contribution in [-0.2, 0) is 20.9 Å². The van der Waals surface area contributed by atoms with Gasteiger partial charge >= 0.3 is 0 Å². The number of amides is 3. The molecule has 28 heavy (non-hydrogen) atoms. The maximum absolute atomic E-state index is 12.1. The van der Waals surface area contributed by atoms with E-state index in [9.17, 15) is 14.4 Å². The topological polar surface area (TPSA) is 197 Å². The van der Waals surface area contributed by atoms with Gasteiger partial charge in [0, 0.05) is 12.6 Å². The fraction of sp³-hybridized carbons (Fsp3) is 0.375. The lowest BCUT2D eigenvalue weighted by Crippen LogP contribution is -2.48. The van der Waals surface area contributed by atoms with Crippen LogP contribution in [0.3, 0.4) is 0 Å². The molecule has 1 heterocycles. The van der Waals surface area contributed by atoms with Crippen LogP contribution in [0.1, 0.15) is 6.42 Å². The number of hydrogen-bond donors (Lipinski definition) is 5. The van der Waals surface area contributed by atoms with Gasteiger partial charge < -0.3 is 27.8 Å². The molecule has 0 aliphatic heterocycles. The maximum Gasteiger partial charge on any atom is 0.242 e. The minimum Gasteiger partial charge on any atom is -0.370 e. The molecular formula is C16H27N9O3. The van der Waals surface area contributed by atoms with E-state index in [1.54, 1.807) is 12.1 Å². The van der Waals surface area contributed by atoms with Crippen molar-refractivity contribution in [2.75, 3.05) is 21.1 Å². The number of nitrogens with one attached hydrogen (secondary N) is 2. The molecule has 0 unspecified atom stereocenters. The van der Waals surface area contributed by atoms with Gasteiger partial charge in [-0.05, 0) is 24.5 Å². The third kappa shape index (κ3) is 7.88. The van der Waals surface area contributed by atoms with Crippen molar-refractivity contribution in [3.05, 3.63) is 30.3 Å². The Morgan fingerprint density at radius 2 is 1.71 bits per heavy atom. The molecule has 12 heteroatoms. The lowest BCUT2D eigenvalue weighted by Gasteiger charge is -2.15. The third-order valence-electron chi connectivity index (χ3n) is 3.16. The number of hydrogen-bond acceptors (Lipinski definition) is 8. The highest BCUT2D eigenvalue weighted by Gasteiger charge is 2.22. The van der Waals surface area contributed by atoms with Crippen LogP contribution in [0.5, 0.6) is 0 Å². The first-order valence-corrected chi connectivity index (χ1v) is 8.27. The Balaban J connectivity index is 0.00000171.